The van der Waals surface area contributed by atoms with Crippen LogP contribution in [0, 0.1) is 0 Å². The molecule has 5 heteroatoms. The highest BCUT2D eigenvalue weighted by Crippen LogP contribution is 2.30. The van der Waals surface area contributed by atoms with Crippen LogP contribution in [0.4, 0.5) is 0 Å². The van der Waals surface area contributed by atoms with Crippen molar-refractivity contribution >= 4 is 27.3 Å². The number of halogens is 1. The molecule has 0 aliphatic carbocycles. The molecule has 1 unspecified atom stereocenters. The molecule has 0 aromatic carbocycles. The molecule has 2 N–H and O–H groups in total. The first-order valence-electron chi connectivity index (χ1n) is 5.35. The molecule has 0 radical (unpaired) electrons. The van der Waals surface area contributed by atoms with E-state index in [4.69, 9.17) is 10.2 Å². The van der Waals surface area contributed by atoms with Gasteiger partial charge in [-0.05, 0) is 40.0 Å². The molecule has 2 aromatic rings. The summed E-state index contributed by atoms with van der Waals surface area (Å²) >= 11 is 5.25. The average molecular weight is 315 g/mol. The molecule has 2 rings (SSSR count). The molecule has 0 saturated carbocycles. The predicted octanol–water partition coefficient (Wildman–Crippen LogP) is 3.24. The molecule has 0 aliphatic heterocycles. The van der Waals surface area contributed by atoms with Crippen molar-refractivity contribution in [1.29, 1.82) is 0 Å². The molecule has 2 heterocycles. The minimum atomic E-state index is 0.227. The molecule has 0 amide bonds. The van der Waals surface area contributed by atoms with Crippen LogP contribution in [0.1, 0.15) is 17.2 Å². The summed E-state index contributed by atoms with van der Waals surface area (Å²) in [6, 6.07) is 2.21. The van der Waals surface area contributed by atoms with E-state index in [0.29, 0.717) is 6.54 Å². The first kappa shape index (κ1) is 12.8. The van der Waals surface area contributed by atoms with Crippen LogP contribution >= 0.6 is 27.3 Å². The van der Waals surface area contributed by atoms with Crippen molar-refractivity contribution in [3.05, 3.63) is 45.0 Å². The zero-order valence-corrected chi connectivity index (χ0v) is 12.0. The Bertz CT molecular complexity index is 455. The molecular weight excluding hydrogens is 300 g/mol. The second-order valence-electron chi connectivity index (χ2n) is 3.97. The van der Waals surface area contributed by atoms with E-state index in [1.54, 1.807) is 23.9 Å². The number of hydrogen-bond donors (Lipinski definition) is 1. The molecule has 17 heavy (non-hydrogen) atoms. The monoisotopic (exact) mass is 314 g/mol. The molecule has 0 spiro atoms. The third-order valence-corrected chi connectivity index (χ3v) is 4.52. The minimum absolute atomic E-state index is 0.227. The summed E-state index contributed by atoms with van der Waals surface area (Å²) in [5.74, 6) is 0. The largest absolute Gasteiger partial charge is 0.472 e. The number of furan rings is 1. The number of likely N-dealkylation sites (N-methyl/N-ethyl adjacent to an activating group) is 1. The molecular formula is C12H15BrN2OS. The van der Waals surface area contributed by atoms with Gasteiger partial charge in [0, 0.05) is 34.5 Å². The van der Waals surface area contributed by atoms with Gasteiger partial charge in [-0.3, -0.25) is 4.90 Å². The lowest BCUT2D eigenvalue weighted by molar-refractivity contribution is 0.241. The van der Waals surface area contributed by atoms with E-state index < -0.39 is 0 Å². The Kier molecular flexibility index (Phi) is 4.39. The van der Waals surface area contributed by atoms with Gasteiger partial charge in [0.15, 0.2) is 0 Å². The van der Waals surface area contributed by atoms with Crippen molar-refractivity contribution in [2.24, 2.45) is 5.73 Å². The van der Waals surface area contributed by atoms with Crippen LogP contribution in [0.2, 0.25) is 0 Å². The maximum atomic E-state index is 5.88. The van der Waals surface area contributed by atoms with Gasteiger partial charge < -0.3 is 10.2 Å². The average Bonchev–Trinajstić information content (AvgIpc) is 2.92. The third kappa shape index (κ3) is 2.98. The van der Waals surface area contributed by atoms with Gasteiger partial charge in [0.2, 0.25) is 0 Å². The Balaban J connectivity index is 2.11. The smallest absolute Gasteiger partial charge is 0.0947 e. The fourth-order valence-electron chi connectivity index (χ4n) is 1.85. The van der Waals surface area contributed by atoms with Gasteiger partial charge in [0.05, 0.1) is 12.5 Å². The zero-order chi connectivity index (χ0) is 12.3. The molecule has 1 atom stereocenters. The van der Waals surface area contributed by atoms with Gasteiger partial charge in [-0.25, -0.2) is 0 Å². The standard InChI is InChI=1S/C12H15BrN2OS/c1-15(5-9-2-3-16-6-9)12(4-14)10-7-17-8-11(10)13/h2-3,6-8,12H,4-5,14H2,1H3. The predicted molar refractivity (Wildman–Crippen MR) is 74.0 cm³/mol. The van der Waals surface area contributed by atoms with Crippen LogP contribution in [0.25, 0.3) is 0 Å². The zero-order valence-electron chi connectivity index (χ0n) is 9.60. The maximum Gasteiger partial charge on any atom is 0.0947 e. The van der Waals surface area contributed by atoms with Crippen molar-refractivity contribution in [2.45, 2.75) is 12.6 Å². The van der Waals surface area contributed by atoms with Crippen molar-refractivity contribution < 1.29 is 4.42 Å². The summed E-state index contributed by atoms with van der Waals surface area (Å²) in [5, 5.41) is 4.23. The van der Waals surface area contributed by atoms with Crippen LogP contribution in [0.5, 0.6) is 0 Å². The van der Waals surface area contributed by atoms with Crippen LogP contribution < -0.4 is 5.73 Å². The van der Waals surface area contributed by atoms with Gasteiger partial charge in [-0.2, -0.15) is 11.3 Å². The van der Waals surface area contributed by atoms with Crippen molar-refractivity contribution in [2.75, 3.05) is 13.6 Å². The lowest BCUT2D eigenvalue weighted by Gasteiger charge is -2.26. The third-order valence-electron chi connectivity index (χ3n) is 2.77. The Hall–Kier alpha value is -0.620. The Morgan fingerprint density at radius 1 is 1.53 bits per heavy atom. The fourth-order valence-corrected chi connectivity index (χ4v) is 3.46. The molecule has 3 nitrogen and oxygen atoms in total. The highest BCUT2D eigenvalue weighted by molar-refractivity contribution is 9.10. The summed E-state index contributed by atoms with van der Waals surface area (Å²) in [7, 11) is 2.08. The highest BCUT2D eigenvalue weighted by Gasteiger charge is 2.19. The first-order chi connectivity index (χ1) is 8.22. The van der Waals surface area contributed by atoms with Crippen LogP contribution in [0.3, 0.4) is 0 Å². The Morgan fingerprint density at radius 3 is 2.88 bits per heavy atom. The highest BCUT2D eigenvalue weighted by atomic mass is 79.9. The van der Waals surface area contributed by atoms with E-state index >= 15 is 0 Å². The molecule has 0 fully saturated rings. The first-order valence-corrected chi connectivity index (χ1v) is 7.09. The Morgan fingerprint density at radius 2 is 2.35 bits per heavy atom. The van der Waals surface area contributed by atoms with E-state index in [9.17, 15) is 0 Å². The van der Waals surface area contributed by atoms with Gasteiger partial charge in [-0.1, -0.05) is 0 Å². The summed E-state index contributed by atoms with van der Waals surface area (Å²) in [5.41, 5.74) is 8.30. The number of rotatable bonds is 5. The second kappa shape index (κ2) is 5.82. The van der Waals surface area contributed by atoms with Crippen LogP contribution in [0.15, 0.2) is 38.2 Å². The lowest BCUT2D eigenvalue weighted by atomic mass is 10.1. The Labute approximate surface area is 113 Å². The van der Waals surface area contributed by atoms with Crippen molar-refractivity contribution in [3.63, 3.8) is 0 Å². The molecule has 0 saturated heterocycles. The number of nitrogens with two attached hydrogens (primary N) is 1. The quantitative estimate of drug-likeness (QED) is 0.921. The minimum Gasteiger partial charge on any atom is -0.472 e. The topological polar surface area (TPSA) is 42.4 Å². The summed E-state index contributed by atoms with van der Waals surface area (Å²) in [6.45, 7) is 1.43. The van der Waals surface area contributed by atoms with Crippen molar-refractivity contribution in [3.8, 4) is 0 Å². The van der Waals surface area contributed by atoms with Crippen molar-refractivity contribution in [1.82, 2.24) is 4.90 Å². The van der Waals surface area contributed by atoms with E-state index in [1.807, 2.05) is 6.07 Å². The number of nitrogens with zero attached hydrogens (tertiary/aromatic N) is 1. The maximum absolute atomic E-state index is 5.88. The van der Waals surface area contributed by atoms with E-state index in [1.165, 1.54) is 5.56 Å². The molecule has 0 aliphatic rings. The summed E-state index contributed by atoms with van der Waals surface area (Å²) in [6.07, 6.45) is 3.47. The van der Waals surface area contributed by atoms with E-state index in [0.717, 1.165) is 16.6 Å². The van der Waals surface area contributed by atoms with Gasteiger partial charge in [0.25, 0.3) is 0 Å². The van der Waals surface area contributed by atoms with Gasteiger partial charge >= 0.3 is 0 Å². The fraction of sp³-hybridized carbons (Fsp3) is 0.333. The second-order valence-corrected chi connectivity index (χ2v) is 5.57. The summed E-state index contributed by atoms with van der Waals surface area (Å²) < 4.78 is 6.21. The van der Waals surface area contributed by atoms with Gasteiger partial charge in [-0.15, -0.1) is 0 Å². The van der Waals surface area contributed by atoms with Crippen LogP contribution in [-0.2, 0) is 6.54 Å². The number of thiophene rings is 1. The summed E-state index contributed by atoms with van der Waals surface area (Å²) in [4.78, 5) is 2.23. The molecule has 0 bridgehead atoms. The normalized spacial score (nSPS) is 13.2. The lowest BCUT2D eigenvalue weighted by Crippen LogP contribution is -2.30. The molecule has 92 valence electrons. The van der Waals surface area contributed by atoms with E-state index in [2.05, 4.69) is 38.6 Å². The number of hydrogen-bond acceptors (Lipinski definition) is 4. The van der Waals surface area contributed by atoms with E-state index in [-0.39, 0.29) is 6.04 Å². The van der Waals surface area contributed by atoms with Gasteiger partial charge in [0.1, 0.15) is 0 Å². The SMILES string of the molecule is CN(Cc1ccoc1)C(CN)c1cscc1Br. The van der Waals surface area contributed by atoms with Crippen LogP contribution in [-0.4, -0.2) is 18.5 Å². The molecule has 2 aromatic heterocycles.